The molecule has 0 aromatic heterocycles. The molecule has 0 saturated carbocycles. The summed E-state index contributed by atoms with van der Waals surface area (Å²) < 4.78 is 5.81. The number of thioether (sulfide) groups is 1. The van der Waals surface area contributed by atoms with Crippen LogP contribution in [-0.2, 0) is 10.2 Å². The molecule has 1 aliphatic heterocycles. The zero-order chi connectivity index (χ0) is 22.6. The Kier molecular flexibility index (Phi) is 6.92. The average Bonchev–Trinajstić information content (AvgIpc) is 3.18. The van der Waals surface area contributed by atoms with Crippen LogP contribution in [-0.4, -0.2) is 20.4 Å². The van der Waals surface area contributed by atoms with Gasteiger partial charge in [0.2, 0.25) is 0 Å². The Morgan fingerprint density at radius 3 is 2.62 bits per heavy atom. The molecule has 0 aliphatic carbocycles. The molecule has 0 saturated heterocycles. The summed E-state index contributed by atoms with van der Waals surface area (Å²) in [5.41, 5.74) is 3.66. The van der Waals surface area contributed by atoms with Crippen molar-refractivity contribution < 1.29 is 4.74 Å². The van der Waals surface area contributed by atoms with Gasteiger partial charge in [-0.25, -0.2) is 0 Å². The lowest BCUT2D eigenvalue weighted by Crippen LogP contribution is -2.25. The Labute approximate surface area is 196 Å². The summed E-state index contributed by atoms with van der Waals surface area (Å²) in [5.74, 6) is 0. The van der Waals surface area contributed by atoms with Gasteiger partial charge in [-0.1, -0.05) is 73.3 Å². The number of rotatable bonds is 9. The summed E-state index contributed by atoms with van der Waals surface area (Å²) in [6.45, 7) is 9.76. The number of benzene rings is 3. The first-order valence-electron chi connectivity index (χ1n) is 11.2. The minimum atomic E-state index is -0.0967. The van der Waals surface area contributed by atoms with E-state index < -0.39 is 0 Å². The topological polar surface area (TPSA) is 24.5 Å². The molecule has 3 nitrogen and oxygen atoms in total. The summed E-state index contributed by atoms with van der Waals surface area (Å²) in [4.78, 5) is 3.57. The van der Waals surface area contributed by atoms with Gasteiger partial charge in [0.25, 0.3) is 0 Å². The van der Waals surface area contributed by atoms with Crippen molar-refractivity contribution in [2.45, 2.75) is 37.0 Å². The minimum Gasteiger partial charge on any atom is -0.388 e. The number of hydrogen-bond acceptors (Lipinski definition) is 4. The van der Waals surface area contributed by atoms with E-state index in [1.54, 1.807) is 0 Å². The van der Waals surface area contributed by atoms with Gasteiger partial charge in [0, 0.05) is 29.7 Å². The fraction of sp³-hybridized carbons (Fsp3) is 0.286. The first kappa shape index (κ1) is 22.5. The third-order valence-corrected chi connectivity index (χ3v) is 7.35. The molecular formula is C28H32N2OS. The van der Waals surface area contributed by atoms with Crippen LogP contribution >= 0.6 is 11.8 Å². The molecule has 3 aromatic rings. The van der Waals surface area contributed by atoms with E-state index in [4.69, 9.17) is 4.74 Å². The van der Waals surface area contributed by atoms with Crippen LogP contribution in [0.3, 0.4) is 0 Å². The Balaban J connectivity index is 1.75. The molecule has 4 rings (SSSR count). The highest BCUT2D eigenvalue weighted by Gasteiger charge is 2.31. The van der Waals surface area contributed by atoms with Gasteiger partial charge in [-0.2, -0.15) is 0 Å². The van der Waals surface area contributed by atoms with Crippen molar-refractivity contribution in [1.29, 1.82) is 0 Å². The summed E-state index contributed by atoms with van der Waals surface area (Å²) in [6, 6.07) is 21.6. The minimum absolute atomic E-state index is 0.0967. The van der Waals surface area contributed by atoms with Gasteiger partial charge in [-0.3, -0.25) is 0 Å². The molecular weight excluding hydrogens is 412 g/mol. The highest BCUT2D eigenvalue weighted by atomic mass is 32.2. The van der Waals surface area contributed by atoms with E-state index >= 15 is 0 Å². The van der Waals surface area contributed by atoms with Crippen LogP contribution in [0.25, 0.3) is 10.8 Å². The van der Waals surface area contributed by atoms with E-state index in [0.29, 0.717) is 13.3 Å². The maximum Gasteiger partial charge on any atom is 0.123 e. The summed E-state index contributed by atoms with van der Waals surface area (Å²) in [5, 5.41) is 7.25. The van der Waals surface area contributed by atoms with Crippen LogP contribution in [0.1, 0.15) is 32.3 Å². The summed E-state index contributed by atoms with van der Waals surface area (Å²) >= 11 is 1.83. The number of nitrogens with zero attached hydrogens (tertiary/aromatic N) is 1. The smallest absolute Gasteiger partial charge is 0.123 e. The SMILES string of the molecule is C=CCC(C)(C/C=C1\Sc2ccccc2N1COCC)c1c(NC)ccc2ccccc12. The highest BCUT2D eigenvalue weighted by Crippen LogP contribution is 2.48. The first-order valence-corrected chi connectivity index (χ1v) is 12.1. The Hall–Kier alpha value is -2.69. The number of anilines is 2. The van der Waals surface area contributed by atoms with Gasteiger partial charge in [0.1, 0.15) is 6.73 Å². The molecule has 1 aliphatic rings. The van der Waals surface area contributed by atoms with Gasteiger partial charge in [0.05, 0.1) is 10.7 Å². The standard InChI is InChI=1S/C28H32N2OS/c1-5-18-28(3,27-22-12-8-7-11-21(22)15-16-23(27)29-4)19-17-26-30(20-31-6-2)24-13-9-10-14-25(24)32-26/h5,7-17,29H,1,6,18-20H2,2-4H3/b26-17-. The van der Waals surface area contributed by atoms with E-state index in [-0.39, 0.29) is 5.41 Å². The average molecular weight is 445 g/mol. The van der Waals surface area contributed by atoms with E-state index in [9.17, 15) is 0 Å². The van der Waals surface area contributed by atoms with Gasteiger partial charge in [-0.05, 0) is 54.3 Å². The molecule has 4 heteroatoms. The molecule has 1 heterocycles. The molecule has 0 spiro atoms. The van der Waals surface area contributed by atoms with Gasteiger partial charge in [0.15, 0.2) is 0 Å². The van der Waals surface area contributed by atoms with Gasteiger partial charge in [-0.15, -0.1) is 6.58 Å². The Morgan fingerprint density at radius 2 is 1.84 bits per heavy atom. The van der Waals surface area contributed by atoms with Crippen LogP contribution in [0.2, 0.25) is 0 Å². The van der Waals surface area contributed by atoms with Crippen LogP contribution in [0.15, 0.2) is 89.3 Å². The van der Waals surface area contributed by atoms with Crippen molar-refractivity contribution in [3.8, 4) is 0 Å². The van der Waals surface area contributed by atoms with Crippen LogP contribution in [0, 0.1) is 0 Å². The number of nitrogens with one attached hydrogen (secondary N) is 1. The molecule has 166 valence electrons. The van der Waals surface area contributed by atoms with Crippen molar-refractivity contribution >= 4 is 33.9 Å². The molecule has 3 aromatic carbocycles. The number of allylic oxidation sites excluding steroid dienone is 2. The van der Waals surface area contributed by atoms with Gasteiger partial charge < -0.3 is 15.0 Å². The lowest BCUT2D eigenvalue weighted by atomic mass is 9.74. The Bertz CT molecular complexity index is 1140. The Morgan fingerprint density at radius 1 is 1.06 bits per heavy atom. The molecule has 0 amide bonds. The van der Waals surface area contributed by atoms with Crippen LogP contribution in [0.4, 0.5) is 11.4 Å². The molecule has 1 unspecified atom stereocenters. The highest BCUT2D eigenvalue weighted by molar-refractivity contribution is 8.03. The van der Waals surface area contributed by atoms with Crippen molar-refractivity contribution in [1.82, 2.24) is 0 Å². The fourth-order valence-electron chi connectivity index (χ4n) is 4.57. The maximum absolute atomic E-state index is 5.81. The fourth-order valence-corrected chi connectivity index (χ4v) is 5.65. The summed E-state index contributed by atoms with van der Waals surface area (Å²) in [6.07, 6.45) is 6.23. The van der Waals surface area contributed by atoms with Crippen molar-refractivity contribution in [2.75, 3.05) is 30.6 Å². The largest absolute Gasteiger partial charge is 0.388 e. The van der Waals surface area contributed by atoms with Gasteiger partial charge >= 0.3 is 0 Å². The van der Waals surface area contributed by atoms with E-state index in [0.717, 1.165) is 12.8 Å². The second-order valence-corrected chi connectivity index (χ2v) is 9.44. The van der Waals surface area contributed by atoms with E-state index in [1.165, 1.54) is 37.6 Å². The van der Waals surface area contributed by atoms with E-state index in [2.05, 4.69) is 90.5 Å². The maximum atomic E-state index is 5.81. The van der Waals surface area contributed by atoms with Crippen molar-refractivity contribution in [3.63, 3.8) is 0 Å². The molecule has 0 bridgehead atoms. The van der Waals surface area contributed by atoms with Crippen LogP contribution < -0.4 is 10.2 Å². The summed E-state index contributed by atoms with van der Waals surface area (Å²) in [7, 11) is 2.01. The van der Waals surface area contributed by atoms with Crippen molar-refractivity contribution in [3.05, 3.63) is 90.0 Å². The number of para-hydroxylation sites is 1. The number of hydrogen-bond donors (Lipinski definition) is 1. The first-order chi connectivity index (χ1) is 15.6. The lowest BCUT2D eigenvalue weighted by Gasteiger charge is -2.32. The molecule has 1 atom stereocenters. The molecule has 32 heavy (non-hydrogen) atoms. The second-order valence-electron chi connectivity index (χ2n) is 8.38. The molecule has 0 radical (unpaired) electrons. The third kappa shape index (κ3) is 4.30. The predicted molar refractivity (Wildman–Crippen MR) is 140 cm³/mol. The second kappa shape index (κ2) is 9.85. The zero-order valence-corrected chi connectivity index (χ0v) is 20.0. The molecule has 0 fully saturated rings. The predicted octanol–water partition coefficient (Wildman–Crippen LogP) is 7.55. The quantitative estimate of drug-likeness (QED) is 0.344. The molecule has 1 N–H and O–H groups in total. The van der Waals surface area contributed by atoms with Crippen molar-refractivity contribution in [2.24, 2.45) is 0 Å². The number of fused-ring (bicyclic) bond motifs is 2. The number of ether oxygens (including phenoxy) is 1. The van der Waals surface area contributed by atoms with E-state index in [1.807, 2.05) is 31.8 Å². The monoisotopic (exact) mass is 444 g/mol. The zero-order valence-electron chi connectivity index (χ0n) is 19.2. The van der Waals surface area contributed by atoms with Crippen LogP contribution in [0.5, 0.6) is 0 Å². The lowest BCUT2D eigenvalue weighted by molar-refractivity contribution is 0.153. The normalized spacial score (nSPS) is 16.2. The third-order valence-electron chi connectivity index (χ3n) is 6.19.